The van der Waals surface area contributed by atoms with E-state index < -0.39 is 10.1 Å². The van der Waals surface area contributed by atoms with Crippen LogP contribution in [0.25, 0.3) is 0 Å². The van der Waals surface area contributed by atoms with Crippen LogP contribution >= 0.6 is 0 Å². The van der Waals surface area contributed by atoms with E-state index >= 15 is 0 Å². The number of unbranched alkanes of at least 4 members (excludes halogenated alkanes) is 11. The minimum Gasteiger partial charge on any atom is -0.342 e. The average molecular weight is 390 g/mol. The van der Waals surface area contributed by atoms with E-state index in [2.05, 4.69) is 6.92 Å². The Morgan fingerprint density at radius 2 is 1.38 bits per heavy atom. The molecule has 154 valence electrons. The highest BCUT2D eigenvalue weighted by atomic mass is 32.2. The minimum atomic E-state index is -3.94. The first-order valence-corrected chi connectivity index (χ1v) is 11.8. The van der Waals surface area contributed by atoms with Gasteiger partial charge in [-0.05, 0) is 25.3 Å². The molecule has 0 aromatic carbocycles. The van der Waals surface area contributed by atoms with Crippen molar-refractivity contribution in [3.63, 3.8) is 0 Å². The maximum Gasteiger partial charge on any atom is 0.264 e. The average Bonchev–Trinajstić information content (AvgIpc) is 2.57. The van der Waals surface area contributed by atoms with Crippen molar-refractivity contribution >= 4 is 16.0 Å². The molecule has 26 heavy (non-hydrogen) atoms. The van der Waals surface area contributed by atoms with Gasteiger partial charge in [0.1, 0.15) is 0 Å². The molecule has 0 rings (SSSR count). The molecule has 6 heteroatoms. The highest BCUT2D eigenvalue weighted by Gasteiger charge is 2.08. The van der Waals surface area contributed by atoms with E-state index in [-0.39, 0.29) is 18.1 Å². The summed E-state index contributed by atoms with van der Waals surface area (Å²) in [5.74, 6) is -0.434. The highest BCUT2D eigenvalue weighted by Crippen LogP contribution is 2.12. The molecule has 0 aliphatic heterocycles. The number of likely N-dealkylation sites (N-methyl/N-ethyl adjacent to an activating group) is 1. The lowest BCUT2D eigenvalue weighted by atomic mass is 10.1. The molecule has 0 radical (unpaired) electrons. The van der Waals surface area contributed by atoms with Gasteiger partial charge in [-0.2, -0.15) is 8.42 Å². The Labute approximate surface area is 161 Å². The summed E-state index contributed by atoms with van der Waals surface area (Å²) in [5.41, 5.74) is 0. The molecule has 0 saturated carbocycles. The van der Waals surface area contributed by atoms with Crippen LogP contribution in [-0.2, 0) is 14.9 Å². The van der Waals surface area contributed by atoms with E-state index in [1.54, 1.807) is 13.1 Å². The van der Waals surface area contributed by atoms with Gasteiger partial charge in [0.25, 0.3) is 10.1 Å². The molecular formula is C20H39NO4S. The maximum absolute atomic E-state index is 11.8. The fourth-order valence-corrected chi connectivity index (χ4v) is 3.33. The standard InChI is InChI=1S/C20H39NO4S/c1-3-4-5-6-7-8-9-10-11-12-13-14-15-17-20(22)21(2)18-16-19-26(23,24)25/h15,17H,3-14,16,18-19H2,1-2H3,(H,23,24,25)/b17-15+. The van der Waals surface area contributed by atoms with Gasteiger partial charge in [0.15, 0.2) is 0 Å². The molecule has 0 aromatic heterocycles. The summed E-state index contributed by atoms with van der Waals surface area (Å²) in [5, 5.41) is 0. The molecule has 0 fully saturated rings. The smallest absolute Gasteiger partial charge is 0.264 e. The van der Waals surface area contributed by atoms with Crippen molar-refractivity contribution in [2.24, 2.45) is 0 Å². The lowest BCUT2D eigenvalue weighted by Crippen LogP contribution is -2.27. The van der Waals surface area contributed by atoms with Crippen molar-refractivity contribution in [3.8, 4) is 0 Å². The van der Waals surface area contributed by atoms with Gasteiger partial charge in [0.05, 0.1) is 5.75 Å². The van der Waals surface area contributed by atoms with Gasteiger partial charge in [-0.1, -0.05) is 77.2 Å². The van der Waals surface area contributed by atoms with Gasteiger partial charge >= 0.3 is 0 Å². The summed E-state index contributed by atoms with van der Waals surface area (Å²) >= 11 is 0. The topological polar surface area (TPSA) is 74.7 Å². The Balaban J connectivity index is 3.49. The third-order valence-corrected chi connectivity index (χ3v) is 5.31. The summed E-state index contributed by atoms with van der Waals surface area (Å²) in [6, 6.07) is 0. The molecule has 0 aliphatic carbocycles. The normalized spacial score (nSPS) is 12.0. The zero-order valence-electron chi connectivity index (χ0n) is 16.8. The van der Waals surface area contributed by atoms with E-state index in [9.17, 15) is 13.2 Å². The van der Waals surface area contributed by atoms with E-state index in [0.29, 0.717) is 6.54 Å². The number of carbonyl (C=O) groups excluding carboxylic acids is 1. The van der Waals surface area contributed by atoms with Crippen LogP contribution in [0.5, 0.6) is 0 Å². The molecule has 0 bridgehead atoms. The molecule has 0 saturated heterocycles. The third kappa shape index (κ3) is 17.9. The predicted molar refractivity (Wildman–Crippen MR) is 109 cm³/mol. The number of allylic oxidation sites excluding steroid dienone is 1. The van der Waals surface area contributed by atoms with Gasteiger partial charge in [-0.15, -0.1) is 0 Å². The van der Waals surface area contributed by atoms with Crippen molar-refractivity contribution in [2.45, 2.75) is 90.4 Å². The third-order valence-electron chi connectivity index (χ3n) is 4.51. The lowest BCUT2D eigenvalue weighted by molar-refractivity contribution is -0.124. The Kier molecular flexibility index (Phi) is 15.8. The first-order valence-electron chi connectivity index (χ1n) is 10.2. The number of carbonyl (C=O) groups is 1. The molecular weight excluding hydrogens is 350 g/mol. The monoisotopic (exact) mass is 389 g/mol. The molecule has 0 atom stereocenters. The SMILES string of the molecule is CCCCCCCCCCCCC/C=C/C(=O)N(C)CCCS(=O)(=O)O. The second-order valence-corrected chi connectivity index (χ2v) is 8.70. The maximum atomic E-state index is 11.8. The number of rotatable bonds is 17. The number of amides is 1. The van der Waals surface area contributed by atoms with Crippen molar-refractivity contribution in [3.05, 3.63) is 12.2 Å². The summed E-state index contributed by atoms with van der Waals surface area (Å²) in [7, 11) is -2.31. The van der Waals surface area contributed by atoms with Crippen LogP contribution < -0.4 is 0 Å². The quantitative estimate of drug-likeness (QED) is 0.216. The molecule has 0 spiro atoms. The first kappa shape index (κ1) is 25.1. The molecule has 0 aliphatic rings. The van der Waals surface area contributed by atoms with E-state index in [0.717, 1.165) is 12.8 Å². The predicted octanol–water partition coefficient (Wildman–Crippen LogP) is 4.98. The van der Waals surface area contributed by atoms with Gasteiger partial charge < -0.3 is 4.90 Å². The fourth-order valence-electron chi connectivity index (χ4n) is 2.83. The first-order chi connectivity index (χ1) is 12.4. The van der Waals surface area contributed by atoms with Gasteiger partial charge in [-0.3, -0.25) is 9.35 Å². The van der Waals surface area contributed by atoms with Crippen LogP contribution in [0.2, 0.25) is 0 Å². The van der Waals surface area contributed by atoms with E-state index in [4.69, 9.17) is 4.55 Å². The molecule has 1 amide bonds. The Bertz CT molecular complexity index is 474. The summed E-state index contributed by atoms with van der Waals surface area (Å²) < 4.78 is 29.9. The molecule has 5 nitrogen and oxygen atoms in total. The molecule has 0 heterocycles. The van der Waals surface area contributed by atoms with Gasteiger partial charge in [0.2, 0.25) is 5.91 Å². The van der Waals surface area contributed by atoms with E-state index in [1.165, 1.54) is 69.1 Å². The van der Waals surface area contributed by atoms with E-state index in [1.807, 2.05) is 6.08 Å². The largest absolute Gasteiger partial charge is 0.342 e. The Morgan fingerprint density at radius 3 is 1.88 bits per heavy atom. The van der Waals surface area contributed by atoms with Crippen molar-refractivity contribution < 1.29 is 17.8 Å². The summed E-state index contributed by atoms with van der Waals surface area (Å²) in [4.78, 5) is 13.3. The second kappa shape index (κ2) is 16.3. The van der Waals surface area contributed by atoms with Crippen LogP contribution in [0.1, 0.15) is 90.4 Å². The van der Waals surface area contributed by atoms with Gasteiger partial charge in [0, 0.05) is 13.6 Å². The van der Waals surface area contributed by atoms with Crippen LogP contribution in [0.15, 0.2) is 12.2 Å². The molecule has 0 unspecified atom stereocenters. The van der Waals surface area contributed by atoms with Crippen molar-refractivity contribution in [1.29, 1.82) is 0 Å². The lowest BCUT2D eigenvalue weighted by Gasteiger charge is -2.14. The van der Waals surface area contributed by atoms with Crippen LogP contribution in [0.4, 0.5) is 0 Å². The van der Waals surface area contributed by atoms with Crippen LogP contribution in [-0.4, -0.2) is 43.1 Å². The summed E-state index contributed by atoms with van der Waals surface area (Å²) in [6.45, 7) is 2.57. The Hall–Kier alpha value is -0.880. The van der Waals surface area contributed by atoms with Crippen molar-refractivity contribution in [1.82, 2.24) is 4.90 Å². The zero-order valence-corrected chi connectivity index (χ0v) is 17.6. The molecule has 1 N–H and O–H groups in total. The summed E-state index contributed by atoms with van der Waals surface area (Å²) in [6.07, 6.45) is 19.0. The second-order valence-electron chi connectivity index (χ2n) is 7.13. The van der Waals surface area contributed by atoms with Crippen LogP contribution in [0.3, 0.4) is 0 Å². The fraction of sp³-hybridized carbons (Fsp3) is 0.850. The number of nitrogens with zero attached hydrogens (tertiary/aromatic N) is 1. The van der Waals surface area contributed by atoms with Gasteiger partial charge in [-0.25, -0.2) is 0 Å². The van der Waals surface area contributed by atoms with Crippen molar-refractivity contribution in [2.75, 3.05) is 19.3 Å². The zero-order chi connectivity index (χ0) is 19.7. The Morgan fingerprint density at radius 1 is 0.885 bits per heavy atom. The highest BCUT2D eigenvalue weighted by molar-refractivity contribution is 7.85. The minimum absolute atomic E-state index is 0.122. The number of hydrogen-bond acceptors (Lipinski definition) is 3. The molecule has 0 aromatic rings. The number of hydrogen-bond donors (Lipinski definition) is 1. The van der Waals surface area contributed by atoms with Crippen LogP contribution in [0, 0.1) is 0 Å².